The lowest BCUT2D eigenvalue weighted by Gasteiger charge is -2.15. The van der Waals surface area contributed by atoms with E-state index in [-0.39, 0.29) is 0 Å². The number of aromatic nitrogens is 3. The number of fused-ring (bicyclic) bond motifs is 11. The average Bonchev–Trinajstić information content (AvgIpc) is 3.72. The molecule has 12 aromatic rings. The molecular weight excluding hydrogens is 735 g/mol. The number of nitrogens with zero attached hydrogens (tertiary/aromatic N) is 3. The summed E-state index contributed by atoms with van der Waals surface area (Å²) in [5.41, 5.74) is 10.0. The molecule has 0 aliphatic carbocycles. The van der Waals surface area contributed by atoms with Crippen molar-refractivity contribution in [1.82, 2.24) is 15.0 Å². The maximum Gasteiger partial charge on any atom is 0.160 e. The van der Waals surface area contributed by atoms with Gasteiger partial charge in [0.15, 0.2) is 5.82 Å². The molecule has 12 rings (SSSR count). The number of hydrogen-bond donors (Lipinski definition) is 0. The quantitative estimate of drug-likeness (QED) is 0.164. The van der Waals surface area contributed by atoms with Crippen LogP contribution in [0.2, 0.25) is 0 Å². The van der Waals surface area contributed by atoms with Crippen molar-refractivity contribution < 1.29 is 0 Å². The summed E-state index contributed by atoms with van der Waals surface area (Å²) in [5, 5.41) is 11.0. The Labute approximate surface area is 344 Å². The number of hydrogen-bond acceptors (Lipinski definition) is 4. The second-order valence-electron chi connectivity index (χ2n) is 15.1. The van der Waals surface area contributed by atoms with Gasteiger partial charge in [-0.3, -0.25) is 0 Å². The molecule has 0 saturated heterocycles. The Hall–Kier alpha value is -7.53. The number of benzene rings is 9. The summed E-state index contributed by atoms with van der Waals surface area (Å²) in [5.74, 6) is 0.680. The molecule has 0 atom stereocenters. The molecule has 0 bridgehead atoms. The molecule has 0 aliphatic rings. The third-order valence-electron chi connectivity index (χ3n) is 11.7. The minimum atomic E-state index is 0.680. The number of thiophene rings is 1. The van der Waals surface area contributed by atoms with Crippen molar-refractivity contribution in [1.29, 1.82) is 0 Å². The van der Waals surface area contributed by atoms with Gasteiger partial charge in [0.05, 0.1) is 22.6 Å². The van der Waals surface area contributed by atoms with E-state index in [0.717, 1.165) is 50.2 Å². The first kappa shape index (κ1) is 33.6. The first-order valence-corrected chi connectivity index (χ1v) is 20.8. The molecule has 3 aromatic heterocycles. The van der Waals surface area contributed by atoms with Gasteiger partial charge in [-0.25, -0.2) is 15.0 Å². The third-order valence-corrected chi connectivity index (χ3v) is 12.9. The molecule has 0 saturated carbocycles. The Bertz CT molecular complexity index is 3560. The van der Waals surface area contributed by atoms with E-state index in [4.69, 9.17) is 15.0 Å². The average molecular weight is 768 g/mol. The first-order valence-electron chi connectivity index (χ1n) is 19.9. The Balaban J connectivity index is 1.12. The van der Waals surface area contributed by atoms with Crippen LogP contribution in [-0.2, 0) is 0 Å². The van der Waals surface area contributed by atoms with Crippen LogP contribution in [0.4, 0.5) is 0 Å². The Morgan fingerprint density at radius 1 is 0.322 bits per heavy atom. The highest BCUT2D eigenvalue weighted by molar-refractivity contribution is 7.26. The molecule has 0 N–H and O–H groups in total. The molecule has 9 aromatic carbocycles. The fourth-order valence-corrected chi connectivity index (χ4v) is 10.1. The minimum absolute atomic E-state index is 0.680. The summed E-state index contributed by atoms with van der Waals surface area (Å²) in [6.45, 7) is 0. The summed E-state index contributed by atoms with van der Waals surface area (Å²) in [4.78, 5) is 16.2. The summed E-state index contributed by atoms with van der Waals surface area (Å²) < 4.78 is 2.47. The Morgan fingerprint density at radius 3 is 1.56 bits per heavy atom. The van der Waals surface area contributed by atoms with E-state index in [1.165, 1.54) is 63.6 Å². The van der Waals surface area contributed by atoms with E-state index in [1.807, 2.05) is 35.6 Å². The normalized spacial score (nSPS) is 11.7. The molecule has 4 heteroatoms. The largest absolute Gasteiger partial charge is 0.246 e. The molecule has 3 nitrogen and oxygen atoms in total. The fraction of sp³-hybridized carbons (Fsp3) is 0. The molecule has 0 radical (unpaired) electrons. The summed E-state index contributed by atoms with van der Waals surface area (Å²) in [7, 11) is 0. The maximum atomic E-state index is 5.72. The van der Waals surface area contributed by atoms with Crippen LogP contribution in [0.1, 0.15) is 0 Å². The van der Waals surface area contributed by atoms with E-state index >= 15 is 0 Å². The molecule has 0 aliphatic heterocycles. The summed E-state index contributed by atoms with van der Waals surface area (Å²) >= 11 is 1.84. The molecule has 0 amide bonds. The number of pyridine rings is 1. The van der Waals surface area contributed by atoms with Gasteiger partial charge in [-0.1, -0.05) is 182 Å². The zero-order chi connectivity index (χ0) is 38.9. The van der Waals surface area contributed by atoms with Crippen LogP contribution in [0.15, 0.2) is 200 Å². The monoisotopic (exact) mass is 767 g/mol. The number of rotatable bonds is 5. The Morgan fingerprint density at radius 2 is 0.847 bits per heavy atom. The predicted molar refractivity (Wildman–Crippen MR) is 250 cm³/mol. The molecule has 3 heterocycles. The molecule has 0 unspecified atom stereocenters. The molecular formula is C55H33N3S. The Kier molecular flexibility index (Phi) is 7.72. The van der Waals surface area contributed by atoms with Gasteiger partial charge < -0.3 is 0 Å². The van der Waals surface area contributed by atoms with E-state index in [0.29, 0.717) is 5.82 Å². The second-order valence-corrected chi connectivity index (χ2v) is 16.1. The van der Waals surface area contributed by atoms with Gasteiger partial charge in [0.1, 0.15) is 0 Å². The van der Waals surface area contributed by atoms with E-state index < -0.39 is 0 Å². The molecule has 274 valence electrons. The zero-order valence-electron chi connectivity index (χ0n) is 31.8. The number of para-hydroxylation sites is 1. The van der Waals surface area contributed by atoms with Crippen molar-refractivity contribution in [2.45, 2.75) is 0 Å². The van der Waals surface area contributed by atoms with E-state index in [2.05, 4.69) is 176 Å². The first-order chi connectivity index (χ1) is 29.2. The van der Waals surface area contributed by atoms with Gasteiger partial charge in [-0.2, -0.15) is 0 Å². The standard InChI is InChI=1S/C55H33N3S/c1-3-14-34(15-4-1)35-26-28-36(29-27-35)48-33-49(57-55(56-48)37-16-5-2-6-17-37)44-23-13-24-46-53(44)58-52(51-45-22-11-12-25-50(45)59-54(46)51)38-30-31-43-41-20-8-7-18-39(41)40-19-9-10-21-42(40)47(43)32-38/h1-33H. The van der Waals surface area contributed by atoms with Crippen molar-refractivity contribution in [3.8, 4) is 56.3 Å². The lowest BCUT2D eigenvalue weighted by atomic mass is 9.92. The highest BCUT2D eigenvalue weighted by Gasteiger charge is 2.21. The van der Waals surface area contributed by atoms with Crippen LogP contribution in [-0.4, -0.2) is 15.0 Å². The fourth-order valence-electron chi connectivity index (χ4n) is 8.87. The van der Waals surface area contributed by atoms with Crippen molar-refractivity contribution in [3.05, 3.63) is 200 Å². The van der Waals surface area contributed by atoms with Crippen LogP contribution in [0, 0.1) is 0 Å². The highest BCUT2D eigenvalue weighted by atomic mass is 32.1. The zero-order valence-corrected chi connectivity index (χ0v) is 32.6. The van der Waals surface area contributed by atoms with E-state index in [9.17, 15) is 0 Å². The van der Waals surface area contributed by atoms with Gasteiger partial charge >= 0.3 is 0 Å². The molecule has 59 heavy (non-hydrogen) atoms. The minimum Gasteiger partial charge on any atom is -0.246 e. The lowest BCUT2D eigenvalue weighted by molar-refractivity contribution is 1.18. The van der Waals surface area contributed by atoms with Crippen LogP contribution in [0.5, 0.6) is 0 Å². The highest BCUT2D eigenvalue weighted by Crippen LogP contribution is 2.46. The van der Waals surface area contributed by atoms with Crippen LogP contribution >= 0.6 is 11.3 Å². The molecule has 0 spiro atoms. The van der Waals surface area contributed by atoms with Crippen molar-refractivity contribution >= 4 is 74.7 Å². The maximum absolute atomic E-state index is 5.72. The molecule has 0 fully saturated rings. The van der Waals surface area contributed by atoms with Crippen molar-refractivity contribution in [3.63, 3.8) is 0 Å². The van der Waals surface area contributed by atoms with Gasteiger partial charge in [-0.05, 0) is 61.6 Å². The second kappa shape index (κ2) is 13.6. The topological polar surface area (TPSA) is 38.7 Å². The van der Waals surface area contributed by atoms with Crippen LogP contribution in [0.3, 0.4) is 0 Å². The lowest BCUT2D eigenvalue weighted by Crippen LogP contribution is -1.97. The SMILES string of the molecule is c1ccc(-c2ccc(-c3cc(-c4cccc5c4nc(-c4ccc6c7ccccc7c7ccccc7c6c4)c4c6ccccc6sc54)nc(-c4ccccc4)n3)cc2)cc1. The van der Waals surface area contributed by atoms with E-state index in [1.54, 1.807) is 0 Å². The smallest absolute Gasteiger partial charge is 0.160 e. The van der Waals surface area contributed by atoms with Crippen molar-refractivity contribution in [2.75, 3.05) is 0 Å². The third kappa shape index (κ3) is 5.53. The van der Waals surface area contributed by atoms with Gasteiger partial charge in [0.25, 0.3) is 0 Å². The van der Waals surface area contributed by atoms with Gasteiger partial charge in [-0.15, -0.1) is 11.3 Å². The van der Waals surface area contributed by atoms with Crippen LogP contribution < -0.4 is 0 Å². The summed E-state index contributed by atoms with van der Waals surface area (Å²) in [6, 6.07) is 71.3. The van der Waals surface area contributed by atoms with Gasteiger partial charge in [0.2, 0.25) is 0 Å². The van der Waals surface area contributed by atoms with Crippen molar-refractivity contribution in [2.24, 2.45) is 0 Å². The van der Waals surface area contributed by atoms with Crippen LogP contribution in [0.25, 0.3) is 120 Å². The van der Waals surface area contributed by atoms with Gasteiger partial charge in [0, 0.05) is 47.8 Å². The predicted octanol–water partition coefficient (Wildman–Crippen LogP) is 15.2. The summed E-state index contributed by atoms with van der Waals surface area (Å²) in [6.07, 6.45) is 0.